The molecule has 3 rings (SSSR count). The van der Waals surface area contributed by atoms with Gasteiger partial charge in [-0.25, -0.2) is 5.06 Å². The van der Waals surface area contributed by atoms with Crippen LogP contribution in [0.25, 0.3) is 0 Å². The van der Waals surface area contributed by atoms with Crippen LogP contribution in [-0.2, 0) is 4.84 Å². The molecule has 2 aliphatic rings. The largest absolute Gasteiger partial charge is 0.486 e. The van der Waals surface area contributed by atoms with Crippen LogP contribution < -0.4 is 9.47 Å². The Morgan fingerprint density at radius 2 is 2.00 bits per heavy atom. The second-order valence-electron chi connectivity index (χ2n) is 4.28. The number of hydrogen-bond donors (Lipinski definition) is 0. The maximum Gasteiger partial charge on any atom is 0.281 e. The SMILES string of the molecule is O=C(c1cccc2c1OCCO2)N1CCCCO1. The normalized spacial score (nSPS) is 18.6. The molecule has 2 heterocycles. The van der Waals surface area contributed by atoms with Gasteiger partial charge in [0.25, 0.3) is 5.91 Å². The van der Waals surface area contributed by atoms with Crippen molar-refractivity contribution in [1.29, 1.82) is 0 Å². The van der Waals surface area contributed by atoms with Crippen LogP contribution in [0.1, 0.15) is 23.2 Å². The molecule has 1 aromatic carbocycles. The Morgan fingerprint density at radius 3 is 2.83 bits per heavy atom. The molecule has 1 fully saturated rings. The molecule has 0 aromatic heterocycles. The van der Waals surface area contributed by atoms with Crippen LogP contribution >= 0.6 is 0 Å². The summed E-state index contributed by atoms with van der Waals surface area (Å²) in [6, 6.07) is 5.35. The molecule has 0 atom stereocenters. The van der Waals surface area contributed by atoms with Gasteiger partial charge < -0.3 is 9.47 Å². The third-order valence-corrected chi connectivity index (χ3v) is 3.03. The maximum atomic E-state index is 12.3. The summed E-state index contributed by atoms with van der Waals surface area (Å²) in [5.74, 6) is 1.00. The van der Waals surface area contributed by atoms with Gasteiger partial charge in [-0.3, -0.25) is 9.63 Å². The number of ether oxygens (including phenoxy) is 2. The number of para-hydroxylation sites is 1. The van der Waals surface area contributed by atoms with Gasteiger partial charge >= 0.3 is 0 Å². The van der Waals surface area contributed by atoms with Gasteiger partial charge in [-0.2, -0.15) is 0 Å². The van der Waals surface area contributed by atoms with Crippen molar-refractivity contribution in [3.05, 3.63) is 23.8 Å². The van der Waals surface area contributed by atoms with Crippen LogP contribution in [-0.4, -0.2) is 37.3 Å². The fourth-order valence-corrected chi connectivity index (χ4v) is 2.13. The lowest BCUT2D eigenvalue weighted by atomic mass is 10.1. The highest BCUT2D eigenvalue weighted by Gasteiger charge is 2.26. The fourth-order valence-electron chi connectivity index (χ4n) is 2.13. The number of carbonyl (C=O) groups excluding carboxylic acids is 1. The fraction of sp³-hybridized carbons (Fsp3) is 0.462. The Labute approximate surface area is 105 Å². The first-order valence-electron chi connectivity index (χ1n) is 6.19. The molecule has 0 N–H and O–H groups in total. The van der Waals surface area contributed by atoms with E-state index < -0.39 is 0 Å². The van der Waals surface area contributed by atoms with Gasteiger partial charge in [0, 0.05) is 6.54 Å². The molecule has 96 valence electrons. The Morgan fingerprint density at radius 1 is 1.11 bits per heavy atom. The highest BCUT2D eigenvalue weighted by Crippen LogP contribution is 2.34. The number of hydrogen-bond acceptors (Lipinski definition) is 4. The first-order chi connectivity index (χ1) is 8.86. The van der Waals surface area contributed by atoms with Crippen molar-refractivity contribution in [3.8, 4) is 11.5 Å². The predicted octanol–water partition coefficient (Wildman–Crippen LogP) is 1.63. The van der Waals surface area contributed by atoms with Crippen LogP contribution in [0, 0.1) is 0 Å². The Kier molecular flexibility index (Phi) is 3.06. The summed E-state index contributed by atoms with van der Waals surface area (Å²) >= 11 is 0. The van der Waals surface area contributed by atoms with Crippen LogP contribution in [0.4, 0.5) is 0 Å². The van der Waals surface area contributed by atoms with Crippen molar-refractivity contribution in [2.45, 2.75) is 12.8 Å². The second-order valence-corrected chi connectivity index (χ2v) is 4.28. The number of rotatable bonds is 1. The third kappa shape index (κ3) is 2.01. The van der Waals surface area contributed by atoms with Crippen molar-refractivity contribution in [1.82, 2.24) is 5.06 Å². The summed E-state index contributed by atoms with van der Waals surface area (Å²) in [7, 11) is 0. The minimum atomic E-state index is -0.156. The number of benzene rings is 1. The number of nitrogens with zero attached hydrogens (tertiary/aromatic N) is 1. The summed E-state index contributed by atoms with van der Waals surface area (Å²) in [4.78, 5) is 17.7. The first kappa shape index (κ1) is 11.3. The molecule has 0 aliphatic carbocycles. The zero-order chi connectivity index (χ0) is 12.4. The molecule has 1 aromatic rings. The number of hydroxylamine groups is 2. The van der Waals surface area contributed by atoms with E-state index in [0.29, 0.717) is 43.4 Å². The summed E-state index contributed by atoms with van der Waals surface area (Å²) in [6.45, 7) is 2.21. The molecule has 5 nitrogen and oxygen atoms in total. The first-order valence-corrected chi connectivity index (χ1v) is 6.19. The second kappa shape index (κ2) is 4.86. The molecule has 0 radical (unpaired) electrons. The smallest absolute Gasteiger partial charge is 0.281 e. The van der Waals surface area contributed by atoms with Crippen molar-refractivity contribution in [2.75, 3.05) is 26.4 Å². The van der Waals surface area contributed by atoms with E-state index in [1.807, 2.05) is 6.07 Å². The average Bonchev–Trinajstić information content (AvgIpc) is 2.47. The molecule has 0 saturated carbocycles. The number of fused-ring (bicyclic) bond motifs is 1. The lowest BCUT2D eigenvalue weighted by Crippen LogP contribution is -2.36. The van der Waals surface area contributed by atoms with Crippen LogP contribution in [0.5, 0.6) is 11.5 Å². The summed E-state index contributed by atoms with van der Waals surface area (Å²) in [6.07, 6.45) is 1.97. The van der Waals surface area contributed by atoms with Gasteiger partial charge in [0.15, 0.2) is 11.5 Å². The Hall–Kier alpha value is -1.75. The topological polar surface area (TPSA) is 48.0 Å². The predicted molar refractivity (Wildman–Crippen MR) is 63.7 cm³/mol. The molecule has 5 heteroatoms. The molecule has 0 bridgehead atoms. The minimum Gasteiger partial charge on any atom is -0.486 e. The van der Waals surface area contributed by atoms with Gasteiger partial charge in [0.2, 0.25) is 0 Å². The van der Waals surface area contributed by atoms with E-state index in [2.05, 4.69) is 0 Å². The molecular weight excluding hydrogens is 234 g/mol. The molecular formula is C13H15NO4. The van der Waals surface area contributed by atoms with Crippen molar-refractivity contribution >= 4 is 5.91 Å². The van der Waals surface area contributed by atoms with Crippen molar-refractivity contribution in [3.63, 3.8) is 0 Å². The molecule has 0 unspecified atom stereocenters. The van der Waals surface area contributed by atoms with E-state index in [1.54, 1.807) is 12.1 Å². The van der Waals surface area contributed by atoms with Crippen LogP contribution in [0.2, 0.25) is 0 Å². The van der Waals surface area contributed by atoms with E-state index in [1.165, 1.54) is 5.06 Å². The van der Waals surface area contributed by atoms with E-state index in [9.17, 15) is 4.79 Å². The molecule has 1 saturated heterocycles. The Balaban J connectivity index is 1.89. The summed E-state index contributed by atoms with van der Waals surface area (Å²) in [5, 5.41) is 1.41. The van der Waals surface area contributed by atoms with Gasteiger partial charge in [0.1, 0.15) is 13.2 Å². The molecule has 18 heavy (non-hydrogen) atoms. The standard InChI is InChI=1S/C13H15NO4/c15-13(14-6-1-2-7-18-14)10-4-3-5-11-12(10)17-9-8-16-11/h3-5H,1-2,6-9H2. The third-order valence-electron chi connectivity index (χ3n) is 3.03. The van der Waals surface area contributed by atoms with E-state index in [0.717, 1.165) is 12.8 Å². The van der Waals surface area contributed by atoms with Gasteiger partial charge in [-0.05, 0) is 25.0 Å². The van der Waals surface area contributed by atoms with Gasteiger partial charge in [0.05, 0.1) is 12.2 Å². The summed E-state index contributed by atoms with van der Waals surface area (Å²) in [5.41, 5.74) is 0.508. The molecule has 2 aliphatic heterocycles. The quantitative estimate of drug-likeness (QED) is 0.759. The Bertz CT molecular complexity index is 454. The average molecular weight is 249 g/mol. The minimum absolute atomic E-state index is 0.156. The van der Waals surface area contributed by atoms with Gasteiger partial charge in [-0.15, -0.1) is 0 Å². The summed E-state index contributed by atoms with van der Waals surface area (Å²) < 4.78 is 11.0. The van der Waals surface area contributed by atoms with Crippen LogP contribution in [0.3, 0.4) is 0 Å². The highest BCUT2D eigenvalue weighted by molar-refractivity contribution is 5.97. The zero-order valence-corrected chi connectivity index (χ0v) is 10.1. The highest BCUT2D eigenvalue weighted by atomic mass is 16.7. The van der Waals surface area contributed by atoms with Crippen LogP contribution in [0.15, 0.2) is 18.2 Å². The zero-order valence-electron chi connectivity index (χ0n) is 10.1. The van der Waals surface area contributed by atoms with Crippen molar-refractivity contribution in [2.24, 2.45) is 0 Å². The number of amides is 1. The van der Waals surface area contributed by atoms with E-state index in [-0.39, 0.29) is 5.91 Å². The molecule has 1 amide bonds. The van der Waals surface area contributed by atoms with E-state index in [4.69, 9.17) is 14.3 Å². The van der Waals surface area contributed by atoms with Crippen molar-refractivity contribution < 1.29 is 19.1 Å². The monoisotopic (exact) mass is 249 g/mol. The van der Waals surface area contributed by atoms with E-state index >= 15 is 0 Å². The lowest BCUT2D eigenvalue weighted by molar-refractivity contribution is -0.144. The lowest BCUT2D eigenvalue weighted by Gasteiger charge is -2.27. The van der Waals surface area contributed by atoms with Gasteiger partial charge in [-0.1, -0.05) is 6.07 Å². The maximum absolute atomic E-state index is 12.3. The number of carbonyl (C=O) groups is 1. The molecule has 0 spiro atoms.